The number of ketones is 1. The molecule has 1 aromatic heterocycles. The first-order valence-corrected chi connectivity index (χ1v) is 9.81. The minimum Gasteiger partial charge on any atom is -0.287 e. The molecule has 0 bridgehead atoms. The number of nitro groups is 1. The first kappa shape index (κ1) is 17.9. The Morgan fingerprint density at radius 1 is 1.15 bits per heavy atom. The average molecular weight is 428 g/mol. The van der Waals surface area contributed by atoms with Gasteiger partial charge in [-0.3, -0.25) is 19.6 Å². The van der Waals surface area contributed by atoms with Gasteiger partial charge in [0.15, 0.2) is 0 Å². The number of non-ortho nitro benzene ring substituents is 1. The second-order valence-electron chi connectivity index (χ2n) is 6.88. The predicted octanol–water partition coefficient (Wildman–Crippen LogP) is 5.44. The number of halogens is 1. The van der Waals surface area contributed by atoms with Crippen LogP contribution in [0.4, 0.5) is 5.69 Å². The molecular formula is C20H18BrN3O3. The van der Waals surface area contributed by atoms with E-state index in [4.69, 9.17) is 0 Å². The van der Waals surface area contributed by atoms with Gasteiger partial charge in [0.05, 0.1) is 16.5 Å². The van der Waals surface area contributed by atoms with Crippen molar-refractivity contribution in [3.05, 3.63) is 68.3 Å². The molecule has 4 rings (SSSR count). The number of benzene rings is 2. The van der Waals surface area contributed by atoms with Crippen LogP contribution in [0.1, 0.15) is 54.2 Å². The Labute approximate surface area is 164 Å². The molecule has 1 heterocycles. The van der Waals surface area contributed by atoms with E-state index in [1.165, 1.54) is 18.6 Å². The van der Waals surface area contributed by atoms with Crippen LogP contribution < -0.4 is 0 Å². The Balaban J connectivity index is 1.87. The molecule has 0 spiro atoms. The molecule has 1 aliphatic carbocycles. The number of carbonyl (C=O) groups is 1. The van der Waals surface area contributed by atoms with Crippen molar-refractivity contribution in [1.29, 1.82) is 0 Å². The third-order valence-electron chi connectivity index (χ3n) is 5.12. The average Bonchev–Trinajstić information content (AvgIpc) is 3.07. The third-order valence-corrected chi connectivity index (χ3v) is 5.62. The van der Waals surface area contributed by atoms with E-state index in [-0.39, 0.29) is 17.5 Å². The normalized spacial score (nSPS) is 15.1. The van der Waals surface area contributed by atoms with Gasteiger partial charge < -0.3 is 0 Å². The summed E-state index contributed by atoms with van der Waals surface area (Å²) in [6.45, 7) is 0. The highest BCUT2D eigenvalue weighted by Gasteiger charge is 2.25. The maximum atomic E-state index is 13.1. The zero-order valence-electron chi connectivity index (χ0n) is 14.6. The molecule has 0 saturated heterocycles. The molecule has 6 nitrogen and oxygen atoms in total. The van der Waals surface area contributed by atoms with Crippen molar-refractivity contribution in [2.45, 2.75) is 38.1 Å². The minimum atomic E-state index is -0.409. The van der Waals surface area contributed by atoms with Crippen LogP contribution >= 0.6 is 15.9 Å². The van der Waals surface area contributed by atoms with Gasteiger partial charge in [-0.25, -0.2) is 0 Å². The number of rotatable bonds is 4. The summed E-state index contributed by atoms with van der Waals surface area (Å²) in [5.41, 5.74) is 1.57. The van der Waals surface area contributed by atoms with Crippen LogP contribution in [0.3, 0.4) is 0 Å². The fourth-order valence-corrected chi connectivity index (χ4v) is 4.18. The number of nitrogens with zero attached hydrogens (tertiary/aromatic N) is 3. The largest absolute Gasteiger partial charge is 0.287 e. The molecule has 1 saturated carbocycles. The molecule has 0 radical (unpaired) electrons. The predicted molar refractivity (Wildman–Crippen MR) is 106 cm³/mol. The number of hydrogen-bond donors (Lipinski definition) is 0. The van der Waals surface area contributed by atoms with Crippen molar-refractivity contribution in [3.8, 4) is 0 Å². The molecule has 0 unspecified atom stereocenters. The van der Waals surface area contributed by atoms with Crippen molar-refractivity contribution in [3.63, 3.8) is 0 Å². The lowest BCUT2D eigenvalue weighted by Gasteiger charge is -2.22. The highest BCUT2D eigenvalue weighted by Crippen LogP contribution is 2.34. The smallest absolute Gasteiger partial charge is 0.271 e. The van der Waals surface area contributed by atoms with Gasteiger partial charge in [0, 0.05) is 27.6 Å². The lowest BCUT2D eigenvalue weighted by atomic mass is 9.95. The number of carbonyl (C=O) groups excluding carboxylic acids is 1. The molecule has 0 N–H and O–H groups in total. The lowest BCUT2D eigenvalue weighted by Crippen LogP contribution is -2.15. The summed E-state index contributed by atoms with van der Waals surface area (Å²) in [5, 5.41) is 16.5. The number of aromatic nitrogens is 2. The van der Waals surface area contributed by atoms with Crippen LogP contribution in [-0.4, -0.2) is 20.5 Å². The minimum absolute atomic E-state index is 0.0147. The summed E-state index contributed by atoms with van der Waals surface area (Å²) in [5.74, 6) is -0.176. The quantitative estimate of drug-likeness (QED) is 0.315. The van der Waals surface area contributed by atoms with Crippen LogP contribution in [0.5, 0.6) is 0 Å². The lowest BCUT2D eigenvalue weighted by molar-refractivity contribution is -0.384. The Morgan fingerprint density at radius 2 is 1.93 bits per heavy atom. The zero-order valence-corrected chi connectivity index (χ0v) is 16.2. The van der Waals surface area contributed by atoms with E-state index < -0.39 is 4.92 Å². The summed E-state index contributed by atoms with van der Waals surface area (Å²) in [6.07, 6.45) is 5.36. The van der Waals surface area contributed by atoms with Gasteiger partial charge in [0.2, 0.25) is 5.78 Å². The highest BCUT2D eigenvalue weighted by atomic mass is 79.9. The Morgan fingerprint density at radius 3 is 2.63 bits per heavy atom. The van der Waals surface area contributed by atoms with Gasteiger partial charge in [-0.1, -0.05) is 47.3 Å². The molecule has 1 fully saturated rings. The first-order valence-electron chi connectivity index (χ1n) is 9.01. The summed E-state index contributed by atoms with van der Waals surface area (Å²) in [7, 11) is 0. The van der Waals surface area contributed by atoms with E-state index in [0.29, 0.717) is 22.2 Å². The van der Waals surface area contributed by atoms with Crippen LogP contribution in [0.2, 0.25) is 0 Å². The molecule has 2 aromatic carbocycles. The molecule has 0 amide bonds. The van der Waals surface area contributed by atoms with Crippen LogP contribution in [0.15, 0.2) is 46.9 Å². The molecule has 1 aliphatic rings. The van der Waals surface area contributed by atoms with E-state index in [2.05, 4.69) is 21.0 Å². The molecule has 3 aromatic rings. The maximum Gasteiger partial charge on any atom is 0.271 e. The van der Waals surface area contributed by atoms with E-state index in [0.717, 1.165) is 30.2 Å². The molecule has 27 heavy (non-hydrogen) atoms. The topological polar surface area (TPSA) is 78.0 Å². The van der Waals surface area contributed by atoms with Crippen molar-refractivity contribution in [2.24, 2.45) is 0 Å². The molecular weight excluding hydrogens is 410 g/mol. The summed E-state index contributed by atoms with van der Waals surface area (Å²) < 4.78 is 2.66. The second-order valence-corrected chi connectivity index (χ2v) is 7.80. The van der Waals surface area contributed by atoms with Gasteiger partial charge in [-0.15, -0.1) is 0 Å². The summed E-state index contributed by atoms with van der Waals surface area (Å²) in [4.78, 5) is 23.9. The molecule has 138 valence electrons. The molecule has 7 heteroatoms. The fraction of sp³-hybridized carbons (Fsp3) is 0.300. The molecule has 0 atom stereocenters. The second kappa shape index (κ2) is 7.23. The van der Waals surface area contributed by atoms with Crippen LogP contribution in [0.25, 0.3) is 10.9 Å². The monoisotopic (exact) mass is 427 g/mol. The van der Waals surface area contributed by atoms with Gasteiger partial charge in [-0.05, 0) is 31.0 Å². The number of hydrogen-bond acceptors (Lipinski definition) is 4. The van der Waals surface area contributed by atoms with Crippen molar-refractivity contribution < 1.29 is 9.72 Å². The number of nitro benzene ring substituents is 1. The van der Waals surface area contributed by atoms with Gasteiger partial charge in [0.1, 0.15) is 5.69 Å². The van der Waals surface area contributed by atoms with E-state index in [9.17, 15) is 14.9 Å². The van der Waals surface area contributed by atoms with Crippen molar-refractivity contribution in [1.82, 2.24) is 9.78 Å². The summed E-state index contributed by atoms with van der Waals surface area (Å²) in [6, 6.07) is 12.0. The first-order chi connectivity index (χ1) is 13.0. The Kier molecular flexibility index (Phi) is 4.78. The van der Waals surface area contributed by atoms with Crippen molar-refractivity contribution >= 4 is 38.3 Å². The standard InChI is InChI=1S/C20H18BrN3O3/c21-14-6-4-5-13(11-14)20(25)19-17-10-9-16(24(26)27)12-18(17)23(22-19)15-7-2-1-3-8-15/h4-6,9-12,15H,1-3,7-8H2. The van der Waals surface area contributed by atoms with Gasteiger partial charge in [-0.2, -0.15) is 5.10 Å². The van der Waals surface area contributed by atoms with Gasteiger partial charge >= 0.3 is 0 Å². The van der Waals surface area contributed by atoms with E-state index in [1.54, 1.807) is 18.2 Å². The molecule has 0 aliphatic heterocycles. The van der Waals surface area contributed by atoms with E-state index >= 15 is 0 Å². The highest BCUT2D eigenvalue weighted by molar-refractivity contribution is 9.10. The van der Waals surface area contributed by atoms with Crippen molar-refractivity contribution in [2.75, 3.05) is 0 Å². The number of fused-ring (bicyclic) bond motifs is 1. The third kappa shape index (κ3) is 3.39. The zero-order chi connectivity index (χ0) is 19.0. The summed E-state index contributed by atoms with van der Waals surface area (Å²) >= 11 is 3.39. The van der Waals surface area contributed by atoms with E-state index in [1.807, 2.05) is 16.8 Å². The fourth-order valence-electron chi connectivity index (χ4n) is 3.78. The Hall–Kier alpha value is -2.54. The Bertz CT molecular complexity index is 1040. The van der Waals surface area contributed by atoms with Crippen LogP contribution in [0, 0.1) is 10.1 Å². The SMILES string of the molecule is O=C(c1cccc(Br)c1)c1nn(C2CCCCC2)c2cc([N+](=O)[O-])ccc12. The van der Waals surface area contributed by atoms with Crippen LogP contribution in [-0.2, 0) is 0 Å². The maximum absolute atomic E-state index is 13.1. The van der Waals surface area contributed by atoms with Gasteiger partial charge in [0.25, 0.3) is 5.69 Å².